The molecule has 0 bridgehead atoms. The Labute approximate surface area is 121 Å². The van der Waals surface area contributed by atoms with Gasteiger partial charge in [0.15, 0.2) is 0 Å². The van der Waals surface area contributed by atoms with E-state index in [0.717, 1.165) is 25.4 Å². The number of hydrogen-bond acceptors (Lipinski definition) is 3. The van der Waals surface area contributed by atoms with Gasteiger partial charge in [-0.15, -0.1) is 0 Å². The predicted octanol–water partition coefficient (Wildman–Crippen LogP) is 2.72. The smallest absolute Gasteiger partial charge is 0.306 e. The van der Waals surface area contributed by atoms with Gasteiger partial charge in [-0.25, -0.2) is 0 Å². The first-order valence-electron chi connectivity index (χ1n) is 7.72. The zero-order chi connectivity index (χ0) is 14.2. The Morgan fingerprint density at radius 3 is 2.50 bits per heavy atom. The van der Waals surface area contributed by atoms with Crippen molar-refractivity contribution < 1.29 is 9.53 Å². The van der Waals surface area contributed by atoms with Crippen molar-refractivity contribution in [1.82, 2.24) is 5.32 Å². The number of esters is 1. The number of rotatable bonds is 6. The van der Waals surface area contributed by atoms with Crippen molar-refractivity contribution in [3.63, 3.8) is 0 Å². The van der Waals surface area contributed by atoms with Gasteiger partial charge in [0, 0.05) is 6.42 Å². The molecule has 0 radical (unpaired) electrons. The molecule has 1 aromatic carbocycles. The normalized spacial score (nSPS) is 16.1. The van der Waals surface area contributed by atoms with Crippen LogP contribution >= 0.6 is 0 Å². The molecule has 110 valence electrons. The first kappa shape index (κ1) is 15.0. The molecule has 1 heterocycles. The second-order valence-electron chi connectivity index (χ2n) is 5.52. The summed E-state index contributed by atoms with van der Waals surface area (Å²) in [6.45, 7) is 4.62. The van der Waals surface area contributed by atoms with Crippen LogP contribution in [0.15, 0.2) is 24.3 Å². The van der Waals surface area contributed by atoms with Gasteiger partial charge in [0.1, 0.15) is 0 Å². The van der Waals surface area contributed by atoms with E-state index in [2.05, 4.69) is 29.6 Å². The highest BCUT2D eigenvalue weighted by Crippen LogP contribution is 2.18. The average molecular weight is 275 g/mol. The van der Waals surface area contributed by atoms with Crippen LogP contribution in [0.4, 0.5) is 0 Å². The van der Waals surface area contributed by atoms with Crippen LogP contribution in [0, 0.1) is 5.92 Å². The molecule has 1 aromatic rings. The highest BCUT2D eigenvalue weighted by molar-refractivity contribution is 5.69. The average Bonchev–Trinajstić information content (AvgIpc) is 2.48. The molecule has 1 aliphatic heterocycles. The molecule has 1 N–H and O–H groups in total. The SMILES string of the molecule is CCOC(=O)CCc1ccc(CC2CCNCC2)cc1. The highest BCUT2D eigenvalue weighted by atomic mass is 16.5. The quantitative estimate of drug-likeness (QED) is 0.811. The van der Waals surface area contributed by atoms with Crippen LogP contribution in [-0.4, -0.2) is 25.7 Å². The topological polar surface area (TPSA) is 38.3 Å². The summed E-state index contributed by atoms with van der Waals surface area (Å²) >= 11 is 0. The minimum atomic E-state index is -0.105. The Morgan fingerprint density at radius 2 is 1.85 bits per heavy atom. The number of nitrogens with one attached hydrogen (secondary N) is 1. The summed E-state index contributed by atoms with van der Waals surface area (Å²) in [4.78, 5) is 11.3. The van der Waals surface area contributed by atoms with E-state index in [1.165, 1.54) is 30.4 Å². The van der Waals surface area contributed by atoms with E-state index in [0.29, 0.717) is 13.0 Å². The van der Waals surface area contributed by atoms with Crippen molar-refractivity contribution in [2.75, 3.05) is 19.7 Å². The van der Waals surface area contributed by atoms with Gasteiger partial charge in [-0.05, 0) is 62.7 Å². The highest BCUT2D eigenvalue weighted by Gasteiger charge is 2.13. The molecule has 20 heavy (non-hydrogen) atoms. The standard InChI is InChI=1S/C17H25NO2/c1-2-20-17(19)8-7-14-3-5-15(6-4-14)13-16-9-11-18-12-10-16/h3-6,16,18H,2,7-13H2,1H3. The van der Waals surface area contributed by atoms with Crippen LogP contribution in [0.2, 0.25) is 0 Å². The van der Waals surface area contributed by atoms with Crippen LogP contribution in [0.25, 0.3) is 0 Å². The number of piperidine rings is 1. The lowest BCUT2D eigenvalue weighted by molar-refractivity contribution is -0.143. The Bertz CT molecular complexity index is 408. The number of carbonyl (C=O) groups is 1. The van der Waals surface area contributed by atoms with Gasteiger partial charge in [0.2, 0.25) is 0 Å². The zero-order valence-electron chi connectivity index (χ0n) is 12.4. The molecule has 1 saturated heterocycles. The van der Waals surface area contributed by atoms with Crippen LogP contribution in [0.5, 0.6) is 0 Å². The Balaban J connectivity index is 1.78. The second kappa shape index (κ2) is 8.05. The fourth-order valence-corrected chi connectivity index (χ4v) is 2.74. The van der Waals surface area contributed by atoms with E-state index in [9.17, 15) is 4.79 Å². The summed E-state index contributed by atoms with van der Waals surface area (Å²) in [6.07, 6.45) is 4.99. The van der Waals surface area contributed by atoms with Gasteiger partial charge in [-0.1, -0.05) is 24.3 Å². The van der Waals surface area contributed by atoms with E-state index >= 15 is 0 Å². The molecule has 0 spiro atoms. The maximum Gasteiger partial charge on any atom is 0.306 e. The first-order valence-corrected chi connectivity index (χ1v) is 7.72. The monoisotopic (exact) mass is 275 g/mol. The Kier molecular flexibility index (Phi) is 6.06. The molecule has 0 saturated carbocycles. The van der Waals surface area contributed by atoms with Crippen LogP contribution < -0.4 is 5.32 Å². The summed E-state index contributed by atoms with van der Waals surface area (Å²) in [5.74, 6) is 0.716. The fourth-order valence-electron chi connectivity index (χ4n) is 2.74. The van der Waals surface area contributed by atoms with E-state index in [1.54, 1.807) is 0 Å². The Hall–Kier alpha value is -1.35. The van der Waals surface area contributed by atoms with Crippen molar-refractivity contribution in [1.29, 1.82) is 0 Å². The molecule has 1 aliphatic rings. The molecule has 0 atom stereocenters. The number of ether oxygens (including phenoxy) is 1. The third-order valence-electron chi connectivity index (χ3n) is 3.93. The maximum absolute atomic E-state index is 11.3. The van der Waals surface area contributed by atoms with Crippen molar-refractivity contribution >= 4 is 5.97 Å². The van der Waals surface area contributed by atoms with E-state index < -0.39 is 0 Å². The molecular formula is C17H25NO2. The number of benzene rings is 1. The van der Waals surface area contributed by atoms with E-state index in [4.69, 9.17) is 4.74 Å². The van der Waals surface area contributed by atoms with Crippen molar-refractivity contribution in [3.8, 4) is 0 Å². The lowest BCUT2D eigenvalue weighted by atomic mass is 9.90. The van der Waals surface area contributed by atoms with Gasteiger partial charge in [-0.3, -0.25) is 4.79 Å². The van der Waals surface area contributed by atoms with Gasteiger partial charge in [0.05, 0.1) is 6.61 Å². The van der Waals surface area contributed by atoms with Gasteiger partial charge < -0.3 is 10.1 Å². The van der Waals surface area contributed by atoms with Crippen molar-refractivity contribution in [3.05, 3.63) is 35.4 Å². The van der Waals surface area contributed by atoms with Crippen LogP contribution in [0.3, 0.4) is 0 Å². The maximum atomic E-state index is 11.3. The van der Waals surface area contributed by atoms with Gasteiger partial charge in [-0.2, -0.15) is 0 Å². The van der Waals surface area contributed by atoms with Crippen LogP contribution in [-0.2, 0) is 22.4 Å². The minimum Gasteiger partial charge on any atom is -0.466 e. The van der Waals surface area contributed by atoms with E-state index in [-0.39, 0.29) is 5.97 Å². The van der Waals surface area contributed by atoms with Crippen LogP contribution in [0.1, 0.15) is 37.3 Å². The van der Waals surface area contributed by atoms with Gasteiger partial charge >= 0.3 is 5.97 Å². The lowest BCUT2D eigenvalue weighted by Gasteiger charge is -2.22. The molecule has 0 unspecified atom stereocenters. The lowest BCUT2D eigenvalue weighted by Crippen LogP contribution is -2.28. The molecule has 0 amide bonds. The molecule has 1 fully saturated rings. The number of aryl methyl sites for hydroxylation is 1. The Morgan fingerprint density at radius 1 is 1.20 bits per heavy atom. The third kappa shape index (κ3) is 4.97. The summed E-state index contributed by atoms with van der Waals surface area (Å²) in [6, 6.07) is 8.72. The van der Waals surface area contributed by atoms with Crippen molar-refractivity contribution in [2.45, 2.75) is 39.0 Å². The summed E-state index contributed by atoms with van der Waals surface area (Å²) in [5.41, 5.74) is 2.63. The minimum absolute atomic E-state index is 0.105. The largest absolute Gasteiger partial charge is 0.466 e. The summed E-state index contributed by atoms with van der Waals surface area (Å²) < 4.78 is 4.94. The first-order chi connectivity index (χ1) is 9.78. The predicted molar refractivity (Wildman–Crippen MR) is 80.7 cm³/mol. The fraction of sp³-hybridized carbons (Fsp3) is 0.588. The summed E-state index contributed by atoms with van der Waals surface area (Å²) in [5, 5.41) is 3.40. The van der Waals surface area contributed by atoms with E-state index in [1.807, 2.05) is 6.92 Å². The molecular weight excluding hydrogens is 250 g/mol. The molecule has 3 heteroatoms. The third-order valence-corrected chi connectivity index (χ3v) is 3.93. The molecule has 2 rings (SSSR count). The van der Waals surface area contributed by atoms with Crippen molar-refractivity contribution in [2.24, 2.45) is 5.92 Å². The molecule has 3 nitrogen and oxygen atoms in total. The number of carbonyl (C=O) groups excluding carboxylic acids is 1. The van der Waals surface area contributed by atoms with Gasteiger partial charge in [0.25, 0.3) is 0 Å². The molecule has 0 aliphatic carbocycles. The second-order valence-corrected chi connectivity index (χ2v) is 5.52. The zero-order valence-corrected chi connectivity index (χ0v) is 12.4. The number of hydrogen-bond donors (Lipinski definition) is 1. The summed E-state index contributed by atoms with van der Waals surface area (Å²) in [7, 11) is 0. The molecule has 0 aromatic heterocycles.